The molecule has 0 atom stereocenters. The fourth-order valence-electron chi connectivity index (χ4n) is 3.41. The molecule has 0 amide bonds. The SMILES string of the molecule is Cc1cccc(C(=O)OCC(=O)c2ccc3c(c2)-c2ccccc2C3)c1O. The number of ether oxygens (including phenoxy) is 1. The number of carbonyl (C=O) groups excluding carboxylic acids is 2. The lowest BCUT2D eigenvalue weighted by Gasteiger charge is -2.08. The number of aryl methyl sites for hydroxylation is 1. The number of aromatic hydroxyl groups is 1. The Labute approximate surface area is 157 Å². The first-order valence-corrected chi connectivity index (χ1v) is 8.74. The Morgan fingerprint density at radius 2 is 1.74 bits per heavy atom. The van der Waals surface area contributed by atoms with E-state index in [1.54, 1.807) is 25.1 Å². The molecule has 4 nitrogen and oxygen atoms in total. The quantitative estimate of drug-likeness (QED) is 0.436. The largest absolute Gasteiger partial charge is 0.507 e. The number of Topliss-reactive ketones (excluding diaryl/α,β-unsaturated/α-hetero) is 1. The van der Waals surface area contributed by atoms with Crippen molar-refractivity contribution in [1.82, 2.24) is 0 Å². The van der Waals surface area contributed by atoms with Crippen molar-refractivity contribution in [3.63, 3.8) is 0 Å². The summed E-state index contributed by atoms with van der Waals surface area (Å²) in [6, 6.07) is 18.5. The van der Waals surface area contributed by atoms with Gasteiger partial charge in [0.15, 0.2) is 12.4 Å². The second-order valence-corrected chi connectivity index (χ2v) is 6.68. The maximum Gasteiger partial charge on any atom is 0.342 e. The Morgan fingerprint density at radius 3 is 2.59 bits per heavy atom. The van der Waals surface area contributed by atoms with Crippen molar-refractivity contribution in [1.29, 1.82) is 0 Å². The first-order chi connectivity index (χ1) is 13.0. The second-order valence-electron chi connectivity index (χ2n) is 6.68. The summed E-state index contributed by atoms with van der Waals surface area (Å²) in [5, 5.41) is 9.96. The molecule has 1 N–H and O–H groups in total. The number of rotatable bonds is 4. The summed E-state index contributed by atoms with van der Waals surface area (Å²) >= 11 is 0. The average molecular weight is 358 g/mol. The lowest BCUT2D eigenvalue weighted by atomic mass is 10.0. The second kappa shape index (κ2) is 6.72. The van der Waals surface area contributed by atoms with Gasteiger partial charge < -0.3 is 9.84 Å². The van der Waals surface area contributed by atoms with Gasteiger partial charge in [-0.15, -0.1) is 0 Å². The number of phenols is 1. The van der Waals surface area contributed by atoms with E-state index in [1.165, 1.54) is 17.2 Å². The maximum absolute atomic E-state index is 12.5. The van der Waals surface area contributed by atoms with Crippen LogP contribution < -0.4 is 0 Å². The average Bonchev–Trinajstić information content (AvgIpc) is 3.06. The van der Waals surface area contributed by atoms with Gasteiger partial charge in [-0.2, -0.15) is 0 Å². The Bertz CT molecular complexity index is 1070. The molecule has 134 valence electrons. The van der Waals surface area contributed by atoms with Crippen LogP contribution in [0.1, 0.15) is 37.4 Å². The predicted molar refractivity (Wildman–Crippen MR) is 102 cm³/mol. The maximum atomic E-state index is 12.5. The zero-order chi connectivity index (χ0) is 19.0. The smallest absolute Gasteiger partial charge is 0.342 e. The number of hydrogen-bond donors (Lipinski definition) is 1. The van der Waals surface area contributed by atoms with Crippen LogP contribution in [0.2, 0.25) is 0 Å². The number of hydrogen-bond acceptors (Lipinski definition) is 4. The number of benzene rings is 3. The number of para-hydroxylation sites is 1. The molecule has 1 aliphatic rings. The van der Waals surface area contributed by atoms with Crippen LogP contribution in [0.15, 0.2) is 60.7 Å². The summed E-state index contributed by atoms with van der Waals surface area (Å²) in [7, 11) is 0. The lowest BCUT2D eigenvalue weighted by molar-refractivity contribution is 0.0471. The summed E-state index contributed by atoms with van der Waals surface area (Å²) in [6.45, 7) is 1.33. The van der Waals surface area contributed by atoms with E-state index in [0.717, 1.165) is 17.5 Å². The van der Waals surface area contributed by atoms with Crippen molar-refractivity contribution in [2.75, 3.05) is 6.61 Å². The predicted octanol–water partition coefficient (Wildman–Crippen LogP) is 4.31. The van der Waals surface area contributed by atoms with E-state index in [1.807, 2.05) is 24.3 Å². The van der Waals surface area contributed by atoms with Crippen LogP contribution in [0.5, 0.6) is 5.75 Å². The fourth-order valence-corrected chi connectivity index (χ4v) is 3.41. The van der Waals surface area contributed by atoms with Crippen molar-refractivity contribution >= 4 is 11.8 Å². The highest BCUT2D eigenvalue weighted by Crippen LogP contribution is 2.36. The van der Waals surface area contributed by atoms with Crippen LogP contribution in [-0.4, -0.2) is 23.5 Å². The van der Waals surface area contributed by atoms with Crippen LogP contribution >= 0.6 is 0 Å². The highest BCUT2D eigenvalue weighted by Gasteiger charge is 2.20. The molecule has 3 aromatic rings. The van der Waals surface area contributed by atoms with Crippen LogP contribution in [0.4, 0.5) is 0 Å². The summed E-state index contributed by atoms with van der Waals surface area (Å²) in [4.78, 5) is 24.7. The molecule has 0 radical (unpaired) electrons. The van der Waals surface area contributed by atoms with Gasteiger partial charge in [-0.1, -0.05) is 48.5 Å². The number of fused-ring (bicyclic) bond motifs is 3. The Hall–Kier alpha value is -3.40. The first kappa shape index (κ1) is 17.0. The van der Waals surface area contributed by atoms with Crippen LogP contribution in [-0.2, 0) is 11.2 Å². The zero-order valence-electron chi connectivity index (χ0n) is 14.9. The Morgan fingerprint density at radius 1 is 0.963 bits per heavy atom. The van der Waals surface area contributed by atoms with Gasteiger partial charge in [0, 0.05) is 5.56 Å². The number of carbonyl (C=O) groups is 2. The van der Waals surface area contributed by atoms with Crippen molar-refractivity contribution in [2.45, 2.75) is 13.3 Å². The van der Waals surface area contributed by atoms with Gasteiger partial charge in [-0.3, -0.25) is 4.79 Å². The van der Waals surface area contributed by atoms with Crippen LogP contribution in [0, 0.1) is 6.92 Å². The van der Waals surface area contributed by atoms with Gasteiger partial charge in [0.2, 0.25) is 0 Å². The van der Waals surface area contributed by atoms with E-state index in [4.69, 9.17) is 4.74 Å². The molecule has 4 heteroatoms. The fraction of sp³-hybridized carbons (Fsp3) is 0.130. The molecule has 0 aliphatic heterocycles. The van der Waals surface area contributed by atoms with Crippen molar-refractivity contribution < 1.29 is 19.4 Å². The van der Waals surface area contributed by atoms with Gasteiger partial charge in [-0.05, 0) is 53.3 Å². The zero-order valence-corrected chi connectivity index (χ0v) is 14.9. The van der Waals surface area contributed by atoms with Gasteiger partial charge in [0.25, 0.3) is 0 Å². The van der Waals surface area contributed by atoms with Crippen LogP contribution in [0.25, 0.3) is 11.1 Å². The molecule has 0 heterocycles. The number of ketones is 1. The van der Waals surface area contributed by atoms with E-state index in [0.29, 0.717) is 11.1 Å². The summed E-state index contributed by atoms with van der Waals surface area (Å²) in [5.41, 5.74) is 5.78. The molecule has 0 spiro atoms. The Balaban J connectivity index is 1.50. The molecule has 0 fully saturated rings. The minimum Gasteiger partial charge on any atom is -0.507 e. The van der Waals surface area contributed by atoms with Gasteiger partial charge >= 0.3 is 5.97 Å². The highest BCUT2D eigenvalue weighted by molar-refractivity contribution is 6.01. The van der Waals surface area contributed by atoms with Crippen molar-refractivity contribution in [2.24, 2.45) is 0 Å². The molecule has 27 heavy (non-hydrogen) atoms. The van der Waals surface area contributed by atoms with Crippen LogP contribution in [0.3, 0.4) is 0 Å². The molecule has 3 aromatic carbocycles. The van der Waals surface area contributed by atoms with Crippen molar-refractivity contribution in [3.05, 3.63) is 88.5 Å². The normalized spacial score (nSPS) is 11.6. The third kappa shape index (κ3) is 3.10. The van der Waals surface area contributed by atoms with E-state index in [2.05, 4.69) is 12.1 Å². The summed E-state index contributed by atoms with van der Waals surface area (Å²) in [5.74, 6) is -1.11. The highest BCUT2D eigenvalue weighted by atomic mass is 16.5. The number of phenolic OH excluding ortho intramolecular Hbond substituents is 1. The lowest BCUT2D eigenvalue weighted by Crippen LogP contribution is -2.14. The van der Waals surface area contributed by atoms with E-state index >= 15 is 0 Å². The molecule has 1 aliphatic carbocycles. The van der Waals surface area contributed by atoms with E-state index < -0.39 is 5.97 Å². The minimum absolute atomic E-state index is 0.0608. The molecule has 0 saturated heterocycles. The molecule has 0 aromatic heterocycles. The van der Waals surface area contributed by atoms with Gasteiger partial charge in [0.1, 0.15) is 11.3 Å². The Kier molecular flexibility index (Phi) is 4.24. The summed E-state index contributed by atoms with van der Waals surface area (Å²) in [6.07, 6.45) is 0.863. The van der Waals surface area contributed by atoms with E-state index in [-0.39, 0.29) is 23.7 Å². The van der Waals surface area contributed by atoms with Gasteiger partial charge in [0.05, 0.1) is 0 Å². The standard InChI is InChI=1S/C23H18O4/c1-14-5-4-8-19(22(14)25)23(26)27-13-21(24)17-10-9-16-11-15-6-2-3-7-18(15)20(16)12-17/h2-10,12,25H,11,13H2,1H3. The number of esters is 1. The molecule has 0 unspecified atom stereocenters. The third-order valence-corrected chi connectivity index (χ3v) is 4.91. The molecular formula is C23H18O4. The molecule has 4 rings (SSSR count). The topological polar surface area (TPSA) is 63.6 Å². The molecule has 0 saturated carbocycles. The van der Waals surface area contributed by atoms with E-state index in [9.17, 15) is 14.7 Å². The first-order valence-electron chi connectivity index (χ1n) is 8.74. The third-order valence-electron chi connectivity index (χ3n) is 4.91. The summed E-state index contributed by atoms with van der Waals surface area (Å²) < 4.78 is 5.12. The minimum atomic E-state index is -0.712. The molecular weight excluding hydrogens is 340 g/mol. The van der Waals surface area contributed by atoms with Gasteiger partial charge in [-0.25, -0.2) is 4.79 Å². The monoisotopic (exact) mass is 358 g/mol. The van der Waals surface area contributed by atoms with Crippen molar-refractivity contribution in [3.8, 4) is 16.9 Å². The molecule has 0 bridgehead atoms.